The minimum Gasteiger partial charge on any atom is -0.484 e. The Balaban J connectivity index is 1.66. The Hall–Kier alpha value is -4.58. The van der Waals surface area contributed by atoms with Crippen molar-refractivity contribution in [1.82, 2.24) is 5.32 Å². The third-order valence-corrected chi connectivity index (χ3v) is 10.7. The molecule has 2 N–H and O–H groups in total. The molecule has 0 radical (unpaired) electrons. The summed E-state index contributed by atoms with van der Waals surface area (Å²) in [6, 6.07) is 19.8. The highest BCUT2D eigenvalue weighted by Gasteiger charge is 2.42. The molecule has 4 rings (SSSR count). The standard InChI is InChI=1S/C39H51N3O8S/c1-7-9-22-39(23-10-8-2)26-42(30-18-16-29(17-19-30)40-37(45)50-38(3,4)5)32-21-20-31(24-33(32)51(46,47)27-39)49-25-34(43)41-35(36(44)48-6)28-14-12-11-13-15-28/h11-21,24,35H,7-10,22-23,25-27H2,1-6H3,(H,40,45)(H,41,43)/t35-/m1/s1. The van der Waals surface area contributed by atoms with Gasteiger partial charge in [-0.1, -0.05) is 69.9 Å². The van der Waals surface area contributed by atoms with E-state index in [1.165, 1.54) is 13.2 Å². The van der Waals surface area contributed by atoms with Gasteiger partial charge in [0.1, 0.15) is 11.4 Å². The summed E-state index contributed by atoms with van der Waals surface area (Å²) < 4.78 is 44.8. The predicted molar refractivity (Wildman–Crippen MR) is 198 cm³/mol. The molecule has 0 saturated carbocycles. The molecule has 0 fully saturated rings. The fourth-order valence-corrected chi connectivity index (χ4v) is 8.44. The second-order valence-corrected chi connectivity index (χ2v) is 16.0. The van der Waals surface area contributed by atoms with E-state index in [4.69, 9.17) is 14.2 Å². The van der Waals surface area contributed by atoms with Crippen molar-refractivity contribution in [2.45, 2.75) is 89.7 Å². The van der Waals surface area contributed by atoms with E-state index in [1.807, 2.05) is 17.0 Å². The average Bonchev–Trinajstić information content (AvgIpc) is 3.19. The Morgan fingerprint density at radius 2 is 1.57 bits per heavy atom. The Bertz CT molecular complexity index is 1750. The zero-order valence-electron chi connectivity index (χ0n) is 30.5. The molecule has 51 heavy (non-hydrogen) atoms. The maximum atomic E-state index is 14.3. The quantitative estimate of drug-likeness (QED) is 0.160. The molecule has 3 aromatic rings. The molecule has 0 unspecified atom stereocenters. The van der Waals surface area contributed by atoms with Gasteiger partial charge in [-0.15, -0.1) is 0 Å². The van der Waals surface area contributed by atoms with Gasteiger partial charge < -0.3 is 24.4 Å². The summed E-state index contributed by atoms with van der Waals surface area (Å²) in [6.07, 6.45) is 4.58. The van der Waals surface area contributed by atoms with Gasteiger partial charge in [-0.05, 0) is 75.6 Å². The zero-order valence-corrected chi connectivity index (χ0v) is 31.3. The normalized spacial score (nSPS) is 15.5. The molecule has 1 aliphatic rings. The highest BCUT2D eigenvalue weighted by Crippen LogP contribution is 2.46. The monoisotopic (exact) mass is 721 g/mol. The Morgan fingerprint density at radius 3 is 2.16 bits per heavy atom. The van der Waals surface area contributed by atoms with Crippen LogP contribution in [0.5, 0.6) is 5.75 Å². The third kappa shape index (κ3) is 10.7. The third-order valence-electron chi connectivity index (χ3n) is 8.74. The second kappa shape index (κ2) is 17.1. The van der Waals surface area contributed by atoms with Gasteiger partial charge in [0.25, 0.3) is 5.91 Å². The molecule has 2 amide bonds. The summed E-state index contributed by atoms with van der Waals surface area (Å²) in [4.78, 5) is 40.0. The Kier molecular flexibility index (Phi) is 13.1. The number of methoxy groups -OCH3 is 1. The number of nitrogens with zero attached hydrogens (tertiary/aromatic N) is 1. The van der Waals surface area contributed by atoms with Gasteiger partial charge in [0, 0.05) is 29.4 Å². The number of carbonyl (C=O) groups is 3. The number of rotatable bonds is 14. The largest absolute Gasteiger partial charge is 0.484 e. The fourth-order valence-electron chi connectivity index (χ4n) is 6.30. The molecule has 3 aromatic carbocycles. The van der Waals surface area contributed by atoms with Crippen molar-refractivity contribution in [3.05, 3.63) is 78.4 Å². The lowest BCUT2D eigenvalue weighted by atomic mass is 9.79. The van der Waals surface area contributed by atoms with Crippen LogP contribution in [0.2, 0.25) is 0 Å². The number of esters is 1. The number of sulfone groups is 1. The van der Waals surface area contributed by atoms with Crippen LogP contribution < -0.4 is 20.3 Å². The molecule has 1 atom stereocenters. The summed E-state index contributed by atoms with van der Waals surface area (Å²) in [5, 5.41) is 5.41. The SMILES string of the molecule is CCCCC1(CCCC)CN(c2ccc(NC(=O)OC(C)(C)C)cc2)c2ccc(OCC(=O)N[C@@H](C(=O)OC)c3ccccc3)cc2S(=O)(=O)C1. The van der Waals surface area contributed by atoms with Crippen LogP contribution >= 0.6 is 0 Å². The van der Waals surface area contributed by atoms with Crippen LogP contribution in [-0.2, 0) is 28.9 Å². The van der Waals surface area contributed by atoms with Gasteiger partial charge >= 0.3 is 12.1 Å². The summed E-state index contributed by atoms with van der Waals surface area (Å²) in [7, 11) is -2.57. The lowest BCUT2D eigenvalue weighted by Crippen LogP contribution is -2.38. The van der Waals surface area contributed by atoms with Gasteiger partial charge in [-0.2, -0.15) is 0 Å². The minimum atomic E-state index is -3.82. The lowest BCUT2D eigenvalue weighted by molar-refractivity contribution is -0.145. The van der Waals surface area contributed by atoms with E-state index in [9.17, 15) is 22.8 Å². The first-order valence-corrected chi connectivity index (χ1v) is 19.1. The highest BCUT2D eigenvalue weighted by atomic mass is 32.2. The molecule has 0 bridgehead atoms. The summed E-state index contributed by atoms with van der Waals surface area (Å²) in [6.45, 7) is 9.62. The van der Waals surface area contributed by atoms with E-state index in [0.717, 1.165) is 44.2 Å². The number of benzene rings is 3. The van der Waals surface area contributed by atoms with Crippen LogP contribution in [0.3, 0.4) is 0 Å². The van der Waals surface area contributed by atoms with Crippen LogP contribution in [0.25, 0.3) is 0 Å². The maximum absolute atomic E-state index is 14.3. The smallest absolute Gasteiger partial charge is 0.412 e. The van der Waals surface area contributed by atoms with E-state index in [1.54, 1.807) is 75.4 Å². The van der Waals surface area contributed by atoms with Crippen LogP contribution in [0, 0.1) is 5.41 Å². The van der Waals surface area contributed by atoms with Crippen molar-refractivity contribution in [3.8, 4) is 5.75 Å². The minimum absolute atomic E-state index is 0.0242. The van der Waals surface area contributed by atoms with Gasteiger partial charge in [-0.25, -0.2) is 18.0 Å². The van der Waals surface area contributed by atoms with E-state index in [-0.39, 0.29) is 16.4 Å². The number of hydrogen-bond donors (Lipinski definition) is 2. The number of hydrogen-bond acceptors (Lipinski definition) is 9. The molecule has 11 nitrogen and oxygen atoms in total. The average molecular weight is 722 g/mol. The van der Waals surface area contributed by atoms with Crippen LogP contribution in [0.1, 0.15) is 84.7 Å². The molecule has 276 valence electrons. The molecular weight excluding hydrogens is 671 g/mol. The highest BCUT2D eigenvalue weighted by molar-refractivity contribution is 7.91. The van der Waals surface area contributed by atoms with E-state index < -0.39 is 51.5 Å². The second-order valence-electron chi connectivity index (χ2n) is 14.1. The number of anilines is 3. The van der Waals surface area contributed by atoms with Crippen molar-refractivity contribution in [2.75, 3.05) is 36.2 Å². The number of nitrogens with one attached hydrogen (secondary N) is 2. The molecule has 0 aromatic heterocycles. The number of fused-ring (bicyclic) bond motifs is 1. The van der Waals surface area contributed by atoms with Crippen molar-refractivity contribution >= 4 is 44.9 Å². The van der Waals surface area contributed by atoms with Crippen LogP contribution in [0.4, 0.5) is 21.9 Å². The van der Waals surface area contributed by atoms with Crippen molar-refractivity contribution < 1.29 is 37.0 Å². The number of ether oxygens (including phenoxy) is 3. The van der Waals surface area contributed by atoms with Crippen LogP contribution in [-0.4, -0.2) is 58.0 Å². The zero-order chi connectivity index (χ0) is 37.2. The molecular formula is C39H51N3O8S. The van der Waals surface area contributed by atoms with Gasteiger partial charge in [-0.3, -0.25) is 10.1 Å². The van der Waals surface area contributed by atoms with Crippen LogP contribution in [0.15, 0.2) is 77.7 Å². The molecule has 12 heteroatoms. The van der Waals surface area contributed by atoms with E-state index in [2.05, 4.69) is 24.5 Å². The molecule has 1 heterocycles. The Morgan fingerprint density at radius 1 is 0.922 bits per heavy atom. The van der Waals surface area contributed by atoms with Crippen molar-refractivity contribution in [1.29, 1.82) is 0 Å². The molecule has 1 aliphatic heterocycles. The van der Waals surface area contributed by atoms with E-state index >= 15 is 0 Å². The van der Waals surface area contributed by atoms with Crippen molar-refractivity contribution in [2.24, 2.45) is 5.41 Å². The molecule has 0 spiro atoms. The number of amides is 2. The predicted octanol–water partition coefficient (Wildman–Crippen LogP) is 7.74. The number of carbonyl (C=O) groups excluding carboxylic acids is 3. The van der Waals surface area contributed by atoms with Gasteiger partial charge in [0.05, 0.1) is 23.4 Å². The maximum Gasteiger partial charge on any atom is 0.412 e. The summed E-state index contributed by atoms with van der Waals surface area (Å²) in [5.41, 5.74) is 1.21. The summed E-state index contributed by atoms with van der Waals surface area (Å²) >= 11 is 0. The molecule has 0 aliphatic carbocycles. The Labute approximate surface area is 302 Å². The topological polar surface area (TPSA) is 140 Å². The van der Waals surface area contributed by atoms with Crippen molar-refractivity contribution in [3.63, 3.8) is 0 Å². The van der Waals surface area contributed by atoms with E-state index in [0.29, 0.717) is 23.5 Å². The first-order valence-electron chi connectivity index (χ1n) is 17.5. The number of unbranched alkanes of at least 4 members (excludes halogenated alkanes) is 2. The van der Waals surface area contributed by atoms with Gasteiger partial charge in [0.15, 0.2) is 22.5 Å². The first-order chi connectivity index (χ1) is 24.2. The van der Waals surface area contributed by atoms with Gasteiger partial charge in [0.2, 0.25) is 0 Å². The molecule has 0 saturated heterocycles. The summed E-state index contributed by atoms with van der Waals surface area (Å²) in [5.74, 6) is -1.03. The lowest BCUT2D eigenvalue weighted by Gasteiger charge is -2.37. The fraction of sp³-hybridized carbons (Fsp3) is 0.462. The first kappa shape index (κ1) is 39.2.